The van der Waals surface area contributed by atoms with Crippen LogP contribution in [0.5, 0.6) is 0 Å². The van der Waals surface area contributed by atoms with Crippen LogP contribution in [0.4, 0.5) is 0 Å². The average Bonchev–Trinajstić information content (AvgIpc) is 3.24. The highest BCUT2D eigenvalue weighted by Crippen LogP contribution is 2.44. The Morgan fingerprint density at radius 2 is 2.04 bits per heavy atom. The maximum Gasteiger partial charge on any atom is 0.228 e. The van der Waals surface area contributed by atoms with Gasteiger partial charge in [-0.05, 0) is 25.3 Å². The highest BCUT2D eigenvalue weighted by molar-refractivity contribution is 5.85. The average molecular weight is 318 g/mol. The van der Waals surface area contributed by atoms with Crippen LogP contribution in [-0.2, 0) is 16.6 Å². The normalized spacial score (nSPS) is 28.9. The van der Waals surface area contributed by atoms with Crippen molar-refractivity contribution < 1.29 is 14.7 Å². The van der Waals surface area contributed by atoms with Gasteiger partial charge in [0.15, 0.2) is 0 Å². The van der Waals surface area contributed by atoms with Gasteiger partial charge in [0.1, 0.15) is 0 Å². The molecule has 2 atom stereocenters. The lowest BCUT2D eigenvalue weighted by molar-refractivity contribution is -0.155. The molecule has 2 aliphatic heterocycles. The number of aromatic nitrogens is 2. The third kappa shape index (κ3) is 2.43. The van der Waals surface area contributed by atoms with Crippen LogP contribution in [0.3, 0.4) is 0 Å². The number of aliphatic hydroxyl groups excluding tert-OH is 1. The van der Waals surface area contributed by atoms with E-state index in [4.69, 9.17) is 0 Å². The van der Waals surface area contributed by atoms with Crippen LogP contribution in [-0.4, -0.2) is 61.7 Å². The molecule has 7 nitrogen and oxygen atoms in total. The molecule has 3 aliphatic rings. The second-order valence-electron chi connectivity index (χ2n) is 6.90. The smallest absolute Gasteiger partial charge is 0.228 e. The minimum absolute atomic E-state index is 0.0552. The Hall–Kier alpha value is -1.89. The van der Waals surface area contributed by atoms with Crippen molar-refractivity contribution in [3.63, 3.8) is 0 Å². The number of rotatable bonds is 3. The van der Waals surface area contributed by atoms with Gasteiger partial charge in [0.25, 0.3) is 0 Å². The van der Waals surface area contributed by atoms with Crippen LogP contribution in [0.15, 0.2) is 12.3 Å². The van der Waals surface area contributed by atoms with E-state index in [1.165, 1.54) is 0 Å². The summed E-state index contributed by atoms with van der Waals surface area (Å²) in [6, 6.07) is 1.94. The van der Waals surface area contributed by atoms with Gasteiger partial charge in [-0.1, -0.05) is 0 Å². The molecule has 7 heteroatoms. The first-order valence-electron chi connectivity index (χ1n) is 8.32. The largest absolute Gasteiger partial charge is 0.389 e. The van der Waals surface area contributed by atoms with E-state index in [-0.39, 0.29) is 29.8 Å². The number of nitrogens with zero attached hydrogens (tertiary/aromatic N) is 4. The molecule has 1 aromatic rings. The molecule has 0 unspecified atom stereocenters. The third-order valence-electron chi connectivity index (χ3n) is 5.23. The summed E-state index contributed by atoms with van der Waals surface area (Å²) in [5, 5.41) is 13.7. The summed E-state index contributed by atoms with van der Waals surface area (Å²) in [7, 11) is 1.86. The van der Waals surface area contributed by atoms with Crippen molar-refractivity contribution in [2.75, 3.05) is 13.1 Å². The summed E-state index contributed by atoms with van der Waals surface area (Å²) in [5.41, 5.74) is 0.921. The first-order valence-corrected chi connectivity index (χ1v) is 8.32. The van der Waals surface area contributed by atoms with E-state index in [0.717, 1.165) is 18.5 Å². The lowest BCUT2D eigenvalue weighted by Crippen LogP contribution is -2.58. The van der Waals surface area contributed by atoms with Crippen molar-refractivity contribution >= 4 is 11.8 Å². The predicted molar refractivity (Wildman–Crippen MR) is 81.1 cm³/mol. The lowest BCUT2D eigenvalue weighted by atomic mass is 9.84. The first kappa shape index (κ1) is 14.7. The maximum absolute atomic E-state index is 12.9. The Balaban J connectivity index is 1.67. The zero-order chi connectivity index (χ0) is 16.1. The van der Waals surface area contributed by atoms with Crippen molar-refractivity contribution in [1.82, 2.24) is 19.6 Å². The van der Waals surface area contributed by atoms with E-state index >= 15 is 0 Å². The Kier molecular flexibility index (Phi) is 3.41. The highest BCUT2D eigenvalue weighted by Gasteiger charge is 2.49. The minimum atomic E-state index is -0.404. The second-order valence-corrected chi connectivity index (χ2v) is 6.90. The van der Waals surface area contributed by atoms with Crippen molar-refractivity contribution in [3.05, 3.63) is 18.0 Å². The number of likely N-dealkylation sites (tertiary alicyclic amines) is 2. The zero-order valence-corrected chi connectivity index (χ0v) is 13.3. The van der Waals surface area contributed by atoms with Gasteiger partial charge < -0.3 is 14.9 Å². The molecule has 1 N–H and O–H groups in total. The molecule has 0 spiro atoms. The number of carbonyl (C=O) groups is 2. The Morgan fingerprint density at radius 1 is 1.30 bits per heavy atom. The number of carbonyl (C=O) groups excluding carboxylic acids is 2. The SMILES string of the molecule is Cn1nccc1[C@@H]1[C@@H](C(=O)N2CC(O)C2)CCC(=O)N1C1CC1. The zero-order valence-electron chi connectivity index (χ0n) is 13.3. The summed E-state index contributed by atoms with van der Waals surface area (Å²) >= 11 is 0. The molecule has 2 amide bonds. The topological polar surface area (TPSA) is 78.7 Å². The molecule has 23 heavy (non-hydrogen) atoms. The van der Waals surface area contributed by atoms with Crippen molar-refractivity contribution in [3.8, 4) is 0 Å². The molecular weight excluding hydrogens is 296 g/mol. The molecule has 0 radical (unpaired) electrons. The van der Waals surface area contributed by atoms with E-state index in [9.17, 15) is 14.7 Å². The van der Waals surface area contributed by atoms with Crippen molar-refractivity contribution in [2.24, 2.45) is 13.0 Å². The minimum Gasteiger partial charge on any atom is -0.389 e. The third-order valence-corrected chi connectivity index (χ3v) is 5.23. The Labute approximate surface area is 134 Å². The fourth-order valence-electron chi connectivity index (χ4n) is 3.85. The molecule has 1 saturated carbocycles. The van der Waals surface area contributed by atoms with Crippen molar-refractivity contribution in [1.29, 1.82) is 0 Å². The fourth-order valence-corrected chi connectivity index (χ4v) is 3.85. The van der Waals surface area contributed by atoms with Crippen LogP contribution < -0.4 is 0 Å². The molecule has 3 fully saturated rings. The van der Waals surface area contributed by atoms with Crippen LogP contribution in [0.25, 0.3) is 0 Å². The number of hydrogen-bond acceptors (Lipinski definition) is 4. The number of amides is 2. The lowest BCUT2D eigenvalue weighted by Gasteiger charge is -2.45. The second kappa shape index (κ2) is 5.33. The molecule has 4 rings (SSSR count). The van der Waals surface area contributed by atoms with Crippen LogP contribution >= 0.6 is 0 Å². The maximum atomic E-state index is 12.9. The van der Waals surface area contributed by atoms with Crippen LogP contribution in [0, 0.1) is 5.92 Å². The molecule has 0 bridgehead atoms. The van der Waals surface area contributed by atoms with Gasteiger partial charge in [-0.3, -0.25) is 14.3 Å². The van der Waals surface area contributed by atoms with E-state index in [2.05, 4.69) is 5.10 Å². The van der Waals surface area contributed by atoms with Crippen LogP contribution in [0.1, 0.15) is 37.4 Å². The summed E-state index contributed by atoms with van der Waals surface area (Å²) in [6.45, 7) is 0.815. The summed E-state index contributed by atoms with van der Waals surface area (Å²) in [5.74, 6) is -0.0396. The van der Waals surface area contributed by atoms with E-state index in [1.54, 1.807) is 15.8 Å². The quantitative estimate of drug-likeness (QED) is 0.855. The number of β-amino-alcohol motifs (C(OH)–C–C–N with tert-alkyl or cyclic N) is 1. The van der Waals surface area contributed by atoms with Gasteiger partial charge in [-0.25, -0.2) is 0 Å². The molecule has 1 aromatic heterocycles. The van der Waals surface area contributed by atoms with Gasteiger partial charge in [-0.2, -0.15) is 5.10 Å². The van der Waals surface area contributed by atoms with Gasteiger partial charge in [0.05, 0.1) is 23.8 Å². The number of aryl methyl sites for hydroxylation is 1. The number of piperidine rings is 1. The molecule has 3 heterocycles. The molecular formula is C16H22N4O3. The monoisotopic (exact) mass is 318 g/mol. The molecule has 0 aromatic carbocycles. The van der Waals surface area contributed by atoms with Gasteiger partial charge in [0, 0.05) is 38.8 Å². The summed E-state index contributed by atoms with van der Waals surface area (Å²) < 4.78 is 1.77. The first-order chi connectivity index (χ1) is 11.1. The molecule has 2 saturated heterocycles. The van der Waals surface area contributed by atoms with Crippen molar-refractivity contribution in [2.45, 2.75) is 43.9 Å². The standard InChI is InChI=1S/C16H22N4O3/c1-18-13(6-7-17-18)15-12(16(23)19-8-11(21)9-19)4-5-14(22)20(15)10-2-3-10/h6-7,10-12,15,21H,2-5,8-9H2,1H3/t12-,15-/m0/s1. The van der Waals surface area contributed by atoms with Crippen LogP contribution in [0.2, 0.25) is 0 Å². The van der Waals surface area contributed by atoms with Gasteiger partial charge in [0.2, 0.25) is 11.8 Å². The Bertz CT molecular complexity index is 633. The fraction of sp³-hybridized carbons (Fsp3) is 0.688. The molecule has 124 valence electrons. The summed E-state index contributed by atoms with van der Waals surface area (Å²) in [6.07, 6.45) is 4.35. The highest BCUT2D eigenvalue weighted by atomic mass is 16.3. The van der Waals surface area contributed by atoms with E-state index in [1.807, 2.05) is 18.0 Å². The summed E-state index contributed by atoms with van der Waals surface area (Å²) in [4.78, 5) is 29.0. The van der Waals surface area contributed by atoms with Gasteiger partial charge >= 0.3 is 0 Å². The van der Waals surface area contributed by atoms with E-state index < -0.39 is 6.10 Å². The predicted octanol–water partition coefficient (Wildman–Crippen LogP) is 0.0653. The number of aliphatic hydroxyl groups is 1. The molecule has 1 aliphatic carbocycles. The number of hydrogen-bond donors (Lipinski definition) is 1. The van der Waals surface area contributed by atoms with E-state index in [0.29, 0.717) is 25.9 Å². The van der Waals surface area contributed by atoms with Gasteiger partial charge in [-0.15, -0.1) is 0 Å². The Morgan fingerprint density at radius 3 is 2.61 bits per heavy atom.